The number of nitrogens with zero attached hydrogens (tertiary/aromatic N) is 2. The van der Waals surface area contributed by atoms with E-state index >= 15 is 0 Å². The Hall–Kier alpha value is -3.05. The average Bonchev–Trinajstić information content (AvgIpc) is 2.69. The molecular weight excluding hydrogens is 414 g/mol. The first-order chi connectivity index (χ1) is 13.5. The van der Waals surface area contributed by atoms with Gasteiger partial charge >= 0.3 is 0 Å². The van der Waals surface area contributed by atoms with Crippen molar-refractivity contribution in [1.29, 1.82) is 0 Å². The minimum atomic E-state index is -0.162. The van der Waals surface area contributed by atoms with Crippen LogP contribution in [0.4, 0.5) is 5.69 Å². The van der Waals surface area contributed by atoms with Gasteiger partial charge < -0.3 is 5.32 Å². The van der Waals surface area contributed by atoms with Crippen LogP contribution < -0.4 is 5.32 Å². The fourth-order valence-corrected chi connectivity index (χ4v) is 3.53. The number of hydrogen-bond acceptors (Lipinski definition) is 3. The van der Waals surface area contributed by atoms with Gasteiger partial charge in [0.25, 0.3) is 5.91 Å². The molecule has 0 atom stereocenters. The van der Waals surface area contributed by atoms with Crippen molar-refractivity contribution in [1.82, 2.24) is 9.97 Å². The van der Waals surface area contributed by atoms with E-state index in [0.717, 1.165) is 43.4 Å². The van der Waals surface area contributed by atoms with Gasteiger partial charge in [0.2, 0.25) is 0 Å². The van der Waals surface area contributed by atoms with Crippen LogP contribution in [0.5, 0.6) is 0 Å². The number of aromatic nitrogens is 2. The number of carbonyl (C=O) groups is 1. The highest BCUT2D eigenvalue weighted by Crippen LogP contribution is 2.28. The summed E-state index contributed by atoms with van der Waals surface area (Å²) in [6.45, 7) is 4.05. The van der Waals surface area contributed by atoms with Gasteiger partial charge in [-0.2, -0.15) is 0 Å². The third kappa shape index (κ3) is 3.66. The number of aryl methyl sites for hydroxylation is 2. The number of fused-ring (bicyclic) bond motifs is 1. The first-order valence-electron chi connectivity index (χ1n) is 8.90. The molecule has 28 heavy (non-hydrogen) atoms. The second kappa shape index (κ2) is 7.52. The zero-order valence-corrected chi connectivity index (χ0v) is 17.1. The SMILES string of the molecule is Cc1cc(C)c2nc(-c3cccnc3)cc(C(=O)Nc3ccc(Br)cc3)c2c1. The molecule has 5 heteroatoms. The molecule has 138 valence electrons. The molecule has 0 aliphatic heterocycles. The van der Waals surface area contributed by atoms with E-state index in [0.29, 0.717) is 5.56 Å². The molecule has 4 aromatic rings. The lowest BCUT2D eigenvalue weighted by Gasteiger charge is -2.13. The molecule has 2 aromatic carbocycles. The van der Waals surface area contributed by atoms with Crippen LogP contribution in [0, 0.1) is 13.8 Å². The van der Waals surface area contributed by atoms with Crippen LogP contribution >= 0.6 is 15.9 Å². The standard InChI is InChI=1S/C23H18BrN3O/c1-14-10-15(2)22-19(11-14)20(12-21(27-22)16-4-3-9-25-13-16)23(28)26-18-7-5-17(24)6-8-18/h3-13H,1-2H3,(H,26,28). The summed E-state index contributed by atoms with van der Waals surface area (Å²) in [5, 5.41) is 3.84. The van der Waals surface area contributed by atoms with Crippen molar-refractivity contribution in [2.24, 2.45) is 0 Å². The lowest BCUT2D eigenvalue weighted by atomic mass is 9.99. The lowest BCUT2D eigenvalue weighted by Crippen LogP contribution is -2.13. The molecule has 2 heterocycles. The quantitative estimate of drug-likeness (QED) is 0.437. The monoisotopic (exact) mass is 431 g/mol. The number of benzene rings is 2. The predicted octanol–water partition coefficient (Wildman–Crippen LogP) is 5.93. The van der Waals surface area contributed by atoms with Gasteiger partial charge in [0.15, 0.2) is 0 Å². The minimum Gasteiger partial charge on any atom is -0.322 e. The average molecular weight is 432 g/mol. The Morgan fingerprint density at radius 2 is 1.82 bits per heavy atom. The smallest absolute Gasteiger partial charge is 0.256 e. The van der Waals surface area contributed by atoms with Crippen LogP contribution in [-0.2, 0) is 0 Å². The van der Waals surface area contributed by atoms with E-state index in [4.69, 9.17) is 4.98 Å². The fraction of sp³-hybridized carbons (Fsp3) is 0.0870. The fourth-order valence-electron chi connectivity index (χ4n) is 3.26. The van der Waals surface area contributed by atoms with Crippen LogP contribution in [0.25, 0.3) is 22.2 Å². The molecular formula is C23H18BrN3O. The summed E-state index contributed by atoms with van der Waals surface area (Å²) in [7, 11) is 0. The van der Waals surface area contributed by atoms with Crippen molar-refractivity contribution in [3.63, 3.8) is 0 Å². The molecule has 0 aliphatic rings. The summed E-state index contributed by atoms with van der Waals surface area (Å²) in [6.07, 6.45) is 3.48. The molecule has 0 saturated carbocycles. The van der Waals surface area contributed by atoms with Crippen LogP contribution in [0.3, 0.4) is 0 Å². The van der Waals surface area contributed by atoms with E-state index in [1.165, 1.54) is 0 Å². The third-order valence-electron chi connectivity index (χ3n) is 4.55. The van der Waals surface area contributed by atoms with Gasteiger partial charge in [-0.1, -0.05) is 27.6 Å². The maximum atomic E-state index is 13.2. The van der Waals surface area contributed by atoms with E-state index in [1.807, 2.05) is 62.4 Å². The van der Waals surface area contributed by atoms with Gasteiger partial charge in [-0.05, 0) is 67.9 Å². The predicted molar refractivity (Wildman–Crippen MR) is 117 cm³/mol. The van der Waals surface area contributed by atoms with Gasteiger partial charge in [0, 0.05) is 33.5 Å². The minimum absolute atomic E-state index is 0.162. The van der Waals surface area contributed by atoms with Crippen molar-refractivity contribution < 1.29 is 4.79 Å². The van der Waals surface area contributed by atoms with Crippen molar-refractivity contribution in [2.75, 3.05) is 5.32 Å². The van der Waals surface area contributed by atoms with Crippen molar-refractivity contribution in [2.45, 2.75) is 13.8 Å². The Morgan fingerprint density at radius 1 is 1.04 bits per heavy atom. The van der Waals surface area contributed by atoms with E-state index in [9.17, 15) is 4.79 Å². The normalized spacial score (nSPS) is 10.8. The summed E-state index contributed by atoms with van der Waals surface area (Å²) in [5.74, 6) is -0.162. The van der Waals surface area contributed by atoms with Gasteiger partial charge in [-0.3, -0.25) is 9.78 Å². The Balaban J connectivity index is 1.87. The molecule has 0 bridgehead atoms. The summed E-state index contributed by atoms with van der Waals surface area (Å²) in [5.41, 5.74) is 5.91. The maximum Gasteiger partial charge on any atom is 0.256 e. The summed E-state index contributed by atoms with van der Waals surface area (Å²) >= 11 is 3.41. The van der Waals surface area contributed by atoms with Gasteiger partial charge in [0.1, 0.15) is 0 Å². The third-order valence-corrected chi connectivity index (χ3v) is 5.08. The molecule has 0 saturated heterocycles. The Bertz CT molecular complexity index is 1170. The van der Waals surface area contributed by atoms with Crippen molar-refractivity contribution in [3.8, 4) is 11.3 Å². The van der Waals surface area contributed by atoms with E-state index in [2.05, 4.69) is 32.3 Å². The van der Waals surface area contributed by atoms with Crippen LogP contribution in [0.15, 0.2) is 71.5 Å². The second-order valence-electron chi connectivity index (χ2n) is 6.74. The molecule has 4 nitrogen and oxygen atoms in total. The number of hydrogen-bond donors (Lipinski definition) is 1. The Morgan fingerprint density at radius 3 is 2.54 bits per heavy atom. The molecule has 1 N–H and O–H groups in total. The summed E-state index contributed by atoms with van der Waals surface area (Å²) in [6, 6.07) is 17.3. The molecule has 0 radical (unpaired) electrons. The van der Waals surface area contributed by atoms with Crippen molar-refractivity contribution >= 4 is 38.4 Å². The largest absolute Gasteiger partial charge is 0.322 e. The highest BCUT2D eigenvalue weighted by atomic mass is 79.9. The molecule has 4 rings (SSSR count). The van der Waals surface area contributed by atoms with Crippen LogP contribution in [-0.4, -0.2) is 15.9 Å². The first-order valence-corrected chi connectivity index (χ1v) is 9.70. The molecule has 2 aromatic heterocycles. The highest BCUT2D eigenvalue weighted by molar-refractivity contribution is 9.10. The molecule has 0 aliphatic carbocycles. The first kappa shape index (κ1) is 18.3. The maximum absolute atomic E-state index is 13.2. The van der Waals surface area contributed by atoms with Crippen molar-refractivity contribution in [3.05, 3.63) is 88.2 Å². The number of nitrogens with one attached hydrogen (secondary N) is 1. The number of carbonyl (C=O) groups excluding carboxylic acids is 1. The summed E-state index contributed by atoms with van der Waals surface area (Å²) < 4.78 is 0.963. The highest BCUT2D eigenvalue weighted by Gasteiger charge is 2.16. The van der Waals surface area contributed by atoms with E-state index in [1.54, 1.807) is 12.4 Å². The number of amides is 1. The molecule has 0 unspecified atom stereocenters. The molecule has 1 amide bonds. The number of pyridine rings is 2. The molecule has 0 spiro atoms. The van der Waals surface area contributed by atoms with Gasteiger partial charge in [-0.25, -0.2) is 4.98 Å². The number of halogens is 1. The lowest BCUT2D eigenvalue weighted by molar-refractivity contribution is 0.102. The summed E-state index contributed by atoms with van der Waals surface area (Å²) in [4.78, 5) is 22.2. The number of anilines is 1. The van der Waals surface area contributed by atoms with Crippen LogP contribution in [0.2, 0.25) is 0 Å². The van der Waals surface area contributed by atoms with E-state index < -0.39 is 0 Å². The zero-order chi connectivity index (χ0) is 19.7. The van der Waals surface area contributed by atoms with Crippen LogP contribution in [0.1, 0.15) is 21.5 Å². The Kier molecular flexibility index (Phi) is 4.92. The Labute approximate surface area is 171 Å². The van der Waals surface area contributed by atoms with Gasteiger partial charge in [-0.15, -0.1) is 0 Å². The molecule has 0 fully saturated rings. The second-order valence-corrected chi connectivity index (χ2v) is 7.65. The topological polar surface area (TPSA) is 54.9 Å². The van der Waals surface area contributed by atoms with Gasteiger partial charge in [0.05, 0.1) is 16.8 Å². The zero-order valence-electron chi connectivity index (χ0n) is 15.5. The number of rotatable bonds is 3. The van der Waals surface area contributed by atoms with E-state index in [-0.39, 0.29) is 5.91 Å².